The van der Waals surface area contributed by atoms with E-state index in [9.17, 15) is 14.7 Å². The molecule has 1 heterocycles. The molecule has 0 aliphatic carbocycles. The Hall–Kier alpha value is -2.54. The molecule has 2 aromatic rings. The van der Waals surface area contributed by atoms with Gasteiger partial charge in [-0.05, 0) is 25.1 Å². The number of hydrogen-bond acceptors (Lipinski definition) is 5. The number of aryl methyl sites for hydroxylation is 1. The van der Waals surface area contributed by atoms with Gasteiger partial charge < -0.3 is 20.3 Å². The zero-order chi connectivity index (χ0) is 15.6. The number of aromatic hydroxyl groups is 1. The minimum absolute atomic E-state index is 0.0267. The van der Waals surface area contributed by atoms with Crippen LogP contribution in [0.4, 0.5) is 5.00 Å². The maximum atomic E-state index is 12.1. The second-order valence-electron chi connectivity index (χ2n) is 4.24. The second kappa shape index (κ2) is 5.84. The van der Waals surface area contributed by atoms with E-state index in [-0.39, 0.29) is 21.9 Å². The number of carbonyl (C=O) groups is 2. The molecule has 0 fully saturated rings. The van der Waals surface area contributed by atoms with Crippen LogP contribution in [0.1, 0.15) is 25.6 Å². The van der Waals surface area contributed by atoms with Crippen LogP contribution in [-0.4, -0.2) is 29.2 Å². The molecule has 0 radical (unpaired) electrons. The molecule has 6 nitrogen and oxygen atoms in total. The third-order valence-corrected chi connectivity index (χ3v) is 3.73. The molecule has 1 aromatic carbocycles. The summed E-state index contributed by atoms with van der Waals surface area (Å²) in [6.45, 7) is 1.75. The van der Waals surface area contributed by atoms with Gasteiger partial charge in [0.1, 0.15) is 16.5 Å². The van der Waals surface area contributed by atoms with E-state index < -0.39 is 11.9 Å². The quantitative estimate of drug-likeness (QED) is 0.807. The number of hydrogen-bond donors (Lipinski definition) is 3. The molecule has 0 aliphatic rings. The molecule has 0 spiro atoms. The fourth-order valence-corrected chi connectivity index (χ4v) is 2.67. The fraction of sp³-hybridized carbons (Fsp3) is 0.143. The largest absolute Gasteiger partial charge is 0.507 e. The SMILES string of the molecule is COc1ccc(C(=O)Nc2sc(C)cc2C(=O)O)c(O)c1. The number of carbonyl (C=O) groups excluding carboxylic acids is 1. The van der Waals surface area contributed by atoms with Gasteiger partial charge >= 0.3 is 5.97 Å². The first-order valence-corrected chi connectivity index (χ1v) is 6.76. The number of rotatable bonds is 4. The molecule has 1 aromatic heterocycles. The number of aromatic carboxylic acids is 1. The van der Waals surface area contributed by atoms with Gasteiger partial charge in [0, 0.05) is 10.9 Å². The number of anilines is 1. The molecular formula is C14H13NO5S. The molecule has 2 rings (SSSR count). The first-order chi connectivity index (χ1) is 9.92. The number of thiophene rings is 1. The predicted octanol–water partition coefficient (Wildman–Crippen LogP) is 2.72. The van der Waals surface area contributed by atoms with Gasteiger partial charge in [-0.1, -0.05) is 0 Å². The van der Waals surface area contributed by atoms with Gasteiger partial charge in [-0.2, -0.15) is 0 Å². The summed E-state index contributed by atoms with van der Waals surface area (Å²) in [5, 5.41) is 21.6. The minimum atomic E-state index is -1.12. The molecule has 0 aliphatic heterocycles. The number of amides is 1. The van der Waals surface area contributed by atoms with E-state index in [1.165, 1.54) is 31.4 Å². The van der Waals surface area contributed by atoms with E-state index in [4.69, 9.17) is 9.84 Å². The van der Waals surface area contributed by atoms with Gasteiger partial charge in [0.15, 0.2) is 0 Å². The Labute approximate surface area is 124 Å². The molecule has 7 heteroatoms. The Morgan fingerprint density at radius 2 is 1.95 bits per heavy atom. The van der Waals surface area contributed by atoms with Crippen molar-refractivity contribution in [3.8, 4) is 11.5 Å². The highest BCUT2D eigenvalue weighted by Gasteiger charge is 2.18. The van der Waals surface area contributed by atoms with Crippen molar-refractivity contribution in [3.63, 3.8) is 0 Å². The van der Waals surface area contributed by atoms with Crippen molar-refractivity contribution in [2.75, 3.05) is 12.4 Å². The Kier molecular flexibility index (Phi) is 4.13. The number of ether oxygens (including phenoxy) is 1. The van der Waals surface area contributed by atoms with Crippen molar-refractivity contribution in [2.24, 2.45) is 0 Å². The lowest BCUT2D eigenvalue weighted by Gasteiger charge is -2.07. The van der Waals surface area contributed by atoms with Gasteiger partial charge in [-0.15, -0.1) is 11.3 Å². The lowest BCUT2D eigenvalue weighted by atomic mass is 10.1. The molecule has 0 saturated carbocycles. The van der Waals surface area contributed by atoms with Crippen LogP contribution in [0.5, 0.6) is 11.5 Å². The van der Waals surface area contributed by atoms with E-state index in [0.29, 0.717) is 5.75 Å². The molecule has 0 saturated heterocycles. The van der Waals surface area contributed by atoms with Crippen LogP contribution in [0, 0.1) is 6.92 Å². The van der Waals surface area contributed by atoms with Crippen LogP contribution < -0.4 is 10.1 Å². The monoisotopic (exact) mass is 307 g/mol. The molecular weight excluding hydrogens is 294 g/mol. The van der Waals surface area contributed by atoms with E-state index >= 15 is 0 Å². The van der Waals surface area contributed by atoms with Crippen LogP contribution in [0.2, 0.25) is 0 Å². The number of phenolic OH excluding ortho intramolecular Hbond substituents is 1. The zero-order valence-electron chi connectivity index (χ0n) is 11.3. The van der Waals surface area contributed by atoms with Crippen LogP contribution in [0.15, 0.2) is 24.3 Å². The van der Waals surface area contributed by atoms with Crippen molar-refractivity contribution >= 4 is 28.2 Å². The predicted molar refractivity (Wildman–Crippen MR) is 78.6 cm³/mol. The van der Waals surface area contributed by atoms with E-state index in [1.807, 2.05) is 0 Å². The summed E-state index contributed by atoms with van der Waals surface area (Å²) in [6, 6.07) is 5.74. The zero-order valence-corrected chi connectivity index (χ0v) is 12.2. The lowest BCUT2D eigenvalue weighted by molar-refractivity contribution is 0.0698. The van der Waals surface area contributed by atoms with Crippen molar-refractivity contribution in [1.82, 2.24) is 0 Å². The van der Waals surface area contributed by atoms with E-state index in [2.05, 4.69) is 5.32 Å². The van der Waals surface area contributed by atoms with Gasteiger partial charge in [0.2, 0.25) is 0 Å². The summed E-state index contributed by atoms with van der Waals surface area (Å²) in [6.07, 6.45) is 0. The van der Waals surface area contributed by atoms with Gasteiger partial charge in [0.25, 0.3) is 5.91 Å². The highest BCUT2D eigenvalue weighted by molar-refractivity contribution is 7.16. The Bertz CT molecular complexity index is 707. The average Bonchev–Trinajstić information content (AvgIpc) is 2.79. The van der Waals surface area contributed by atoms with Crippen LogP contribution in [-0.2, 0) is 0 Å². The molecule has 110 valence electrons. The average molecular weight is 307 g/mol. The Morgan fingerprint density at radius 1 is 1.24 bits per heavy atom. The summed E-state index contributed by atoms with van der Waals surface area (Å²) in [5.41, 5.74) is 0.0667. The summed E-state index contributed by atoms with van der Waals surface area (Å²) in [7, 11) is 1.45. The molecule has 0 bridgehead atoms. The number of benzene rings is 1. The topological polar surface area (TPSA) is 95.9 Å². The Morgan fingerprint density at radius 3 is 2.52 bits per heavy atom. The second-order valence-corrected chi connectivity index (χ2v) is 5.50. The number of nitrogens with one attached hydrogen (secondary N) is 1. The maximum absolute atomic E-state index is 12.1. The van der Waals surface area contributed by atoms with Gasteiger partial charge in [0.05, 0.1) is 18.2 Å². The normalized spacial score (nSPS) is 10.2. The van der Waals surface area contributed by atoms with E-state index in [0.717, 1.165) is 16.2 Å². The smallest absolute Gasteiger partial charge is 0.338 e. The first-order valence-electron chi connectivity index (χ1n) is 5.94. The highest BCUT2D eigenvalue weighted by Crippen LogP contribution is 2.29. The molecule has 0 unspecified atom stereocenters. The van der Waals surface area contributed by atoms with Gasteiger partial charge in [-0.3, -0.25) is 4.79 Å². The maximum Gasteiger partial charge on any atom is 0.338 e. The van der Waals surface area contributed by atoms with Crippen LogP contribution in [0.3, 0.4) is 0 Å². The number of carboxylic acids is 1. The number of carboxylic acid groups (broad SMARTS) is 1. The van der Waals surface area contributed by atoms with Crippen molar-refractivity contribution in [3.05, 3.63) is 40.3 Å². The molecule has 0 atom stereocenters. The molecule has 21 heavy (non-hydrogen) atoms. The summed E-state index contributed by atoms with van der Waals surface area (Å²) in [5.74, 6) is -1.52. The standard InChI is InChI=1S/C14H13NO5S/c1-7-5-10(14(18)19)13(21-7)15-12(17)9-4-3-8(20-2)6-11(9)16/h3-6,16H,1-2H3,(H,15,17)(H,18,19). The Balaban J connectivity index is 2.28. The minimum Gasteiger partial charge on any atom is -0.507 e. The van der Waals surface area contributed by atoms with Gasteiger partial charge in [-0.25, -0.2) is 4.79 Å². The van der Waals surface area contributed by atoms with Crippen molar-refractivity contribution in [2.45, 2.75) is 6.92 Å². The molecule has 3 N–H and O–H groups in total. The number of methoxy groups -OCH3 is 1. The van der Waals surface area contributed by atoms with Crippen molar-refractivity contribution in [1.29, 1.82) is 0 Å². The first kappa shape index (κ1) is 14.9. The lowest BCUT2D eigenvalue weighted by Crippen LogP contribution is -2.13. The van der Waals surface area contributed by atoms with Crippen LogP contribution >= 0.6 is 11.3 Å². The summed E-state index contributed by atoms with van der Waals surface area (Å²) < 4.78 is 4.93. The fourth-order valence-electron chi connectivity index (χ4n) is 1.77. The highest BCUT2D eigenvalue weighted by atomic mass is 32.1. The number of phenols is 1. The van der Waals surface area contributed by atoms with Crippen molar-refractivity contribution < 1.29 is 24.5 Å². The third kappa shape index (κ3) is 3.14. The summed E-state index contributed by atoms with van der Waals surface area (Å²) in [4.78, 5) is 24.0. The molecule has 1 amide bonds. The van der Waals surface area contributed by atoms with E-state index in [1.54, 1.807) is 6.92 Å². The summed E-state index contributed by atoms with van der Waals surface area (Å²) >= 11 is 1.16. The van der Waals surface area contributed by atoms with Crippen LogP contribution in [0.25, 0.3) is 0 Å². The third-order valence-electron chi connectivity index (χ3n) is 2.76.